The summed E-state index contributed by atoms with van der Waals surface area (Å²) in [7, 11) is 0.0351. The van der Waals surface area contributed by atoms with Gasteiger partial charge in [0.15, 0.2) is 0 Å². The van der Waals surface area contributed by atoms with Crippen molar-refractivity contribution in [2.75, 3.05) is 0 Å². The normalized spacial score (nSPS) is 41.1. The third kappa shape index (κ3) is 2.49. The van der Waals surface area contributed by atoms with Crippen LogP contribution < -0.4 is 0 Å². The summed E-state index contributed by atoms with van der Waals surface area (Å²) in [6.07, 6.45) is 9.86. The lowest BCUT2D eigenvalue weighted by Crippen LogP contribution is -2.41. The van der Waals surface area contributed by atoms with Gasteiger partial charge in [0.05, 0.1) is 11.2 Å². The van der Waals surface area contributed by atoms with Gasteiger partial charge in [0.2, 0.25) is 0 Å². The van der Waals surface area contributed by atoms with Crippen LogP contribution in [0.1, 0.15) is 72.6 Å². The lowest BCUT2D eigenvalue weighted by molar-refractivity contribution is 0.00578. The summed E-state index contributed by atoms with van der Waals surface area (Å²) in [5.74, 6) is 2.58. The van der Waals surface area contributed by atoms with Gasteiger partial charge in [-0.15, -0.1) is 0 Å². The fourth-order valence-electron chi connectivity index (χ4n) is 4.24. The van der Waals surface area contributed by atoms with E-state index in [1.807, 2.05) is 0 Å². The molecule has 1 saturated heterocycles. The van der Waals surface area contributed by atoms with Gasteiger partial charge in [-0.2, -0.15) is 0 Å². The zero-order valence-corrected chi connectivity index (χ0v) is 13.1. The van der Waals surface area contributed by atoms with Crippen molar-refractivity contribution in [3.63, 3.8) is 0 Å². The first kappa shape index (κ1) is 13.9. The Hall–Kier alpha value is -0.0151. The molecule has 3 aliphatic rings. The highest BCUT2D eigenvalue weighted by Gasteiger charge is 2.54. The van der Waals surface area contributed by atoms with Crippen molar-refractivity contribution < 1.29 is 9.31 Å². The van der Waals surface area contributed by atoms with Crippen LogP contribution in [0, 0.1) is 11.8 Å². The van der Waals surface area contributed by atoms with Crippen molar-refractivity contribution in [2.24, 2.45) is 11.8 Å². The number of hydrogen-bond acceptors (Lipinski definition) is 2. The fraction of sp³-hybridized carbons (Fsp3) is 1.00. The number of rotatable bonds is 1. The highest BCUT2D eigenvalue weighted by Crippen LogP contribution is 2.49. The summed E-state index contributed by atoms with van der Waals surface area (Å²) in [5.41, 5.74) is -0.331. The third-order valence-electron chi connectivity index (χ3n) is 6.24. The summed E-state index contributed by atoms with van der Waals surface area (Å²) < 4.78 is 12.5. The van der Waals surface area contributed by atoms with Crippen molar-refractivity contribution in [2.45, 2.75) is 89.7 Å². The first-order chi connectivity index (χ1) is 8.89. The average Bonchev–Trinajstić information content (AvgIpc) is 2.58. The van der Waals surface area contributed by atoms with Crippen LogP contribution in [0.4, 0.5) is 0 Å². The molecule has 3 rings (SSSR count). The molecule has 1 aliphatic heterocycles. The zero-order chi connectivity index (χ0) is 13.7. The Balaban J connectivity index is 1.65. The van der Waals surface area contributed by atoms with Gasteiger partial charge in [0.25, 0.3) is 0 Å². The summed E-state index contributed by atoms with van der Waals surface area (Å²) in [6, 6.07) is 0. The molecule has 3 heteroatoms. The van der Waals surface area contributed by atoms with Crippen LogP contribution in [0.25, 0.3) is 0 Å². The maximum Gasteiger partial charge on any atom is 0.461 e. The Kier molecular flexibility index (Phi) is 3.50. The van der Waals surface area contributed by atoms with Crippen molar-refractivity contribution in [1.82, 2.24) is 0 Å². The molecular formula is C16H29BO2. The minimum absolute atomic E-state index is 0.0351. The largest absolute Gasteiger partial charge is 0.461 e. The van der Waals surface area contributed by atoms with E-state index in [0.29, 0.717) is 5.82 Å². The monoisotopic (exact) mass is 264 g/mol. The van der Waals surface area contributed by atoms with E-state index in [1.165, 1.54) is 44.9 Å². The van der Waals surface area contributed by atoms with Crippen molar-refractivity contribution in [3.05, 3.63) is 0 Å². The van der Waals surface area contributed by atoms with Gasteiger partial charge in [-0.25, -0.2) is 0 Å². The van der Waals surface area contributed by atoms with E-state index < -0.39 is 0 Å². The van der Waals surface area contributed by atoms with Crippen LogP contribution in [0.3, 0.4) is 0 Å². The van der Waals surface area contributed by atoms with Crippen LogP contribution in [-0.4, -0.2) is 18.3 Å². The molecule has 3 fully saturated rings. The number of fused-ring (bicyclic) bond motifs is 1. The third-order valence-corrected chi connectivity index (χ3v) is 6.24. The molecule has 0 radical (unpaired) electrons. The van der Waals surface area contributed by atoms with Crippen LogP contribution in [0.5, 0.6) is 0 Å². The minimum atomic E-state index is -0.166. The molecule has 0 N–H and O–H groups in total. The SMILES string of the molecule is CC1(C)OB([C@@H]2CC[C@@H]3CCCC[C@H]3C2)OC1(C)C. The first-order valence-electron chi connectivity index (χ1n) is 8.25. The molecule has 0 spiro atoms. The molecule has 0 amide bonds. The van der Waals surface area contributed by atoms with E-state index in [2.05, 4.69) is 27.7 Å². The smallest absolute Gasteiger partial charge is 0.403 e. The molecule has 2 aliphatic carbocycles. The van der Waals surface area contributed by atoms with Gasteiger partial charge in [-0.3, -0.25) is 0 Å². The Bertz CT molecular complexity index is 324. The second-order valence-corrected chi connectivity index (χ2v) is 8.00. The molecule has 0 unspecified atom stereocenters. The van der Waals surface area contributed by atoms with E-state index in [4.69, 9.17) is 9.31 Å². The topological polar surface area (TPSA) is 18.5 Å². The summed E-state index contributed by atoms with van der Waals surface area (Å²) in [6.45, 7) is 8.66. The molecule has 19 heavy (non-hydrogen) atoms. The van der Waals surface area contributed by atoms with E-state index in [-0.39, 0.29) is 18.3 Å². The van der Waals surface area contributed by atoms with Crippen molar-refractivity contribution in [3.8, 4) is 0 Å². The molecular weight excluding hydrogens is 235 g/mol. The maximum absolute atomic E-state index is 6.26. The van der Waals surface area contributed by atoms with Crippen LogP contribution in [0.2, 0.25) is 5.82 Å². The van der Waals surface area contributed by atoms with Crippen LogP contribution >= 0.6 is 0 Å². The van der Waals surface area contributed by atoms with Gasteiger partial charge in [0.1, 0.15) is 0 Å². The van der Waals surface area contributed by atoms with E-state index in [1.54, 1.807) is 0 Å². The Morgan fingerprint density at radius 1 is 0.789 bits per heavy atom. The summed E-state index contributed by atoms with van der Waals surface area (Å²) >= 11 is 0. The van der Waals surface area contributed by atoms with Gasteiger partial charge in [-0.05, 0) is 51.8 Å². The average molecular weight is 264 g/mol. The second-order valence-electron chi connectivity index (χ2n) is 8.00. The van der Waals surface area contributed by atoms with Gasteiger partial charge < -0.3 is 9.31 Å². The molecule has 2 saturated carbocycles. The molecule has 0 aromatic rings. The highest BCUT2D eigenvalue weighted by atomic mass is 16.7. The summed E-state index contributed by atoms with van der Waals surface area (Å²) in [5, 5.41) is 0. The molecule has 0 aromatic carbocycles. The lowest BCUT2D eigenvalue weighted by Gasteiger charge is -2.39. The van der Waals surface area contributed by atoms with E-state index >= 15 is 0 Å². The molecule has 3 atom stereocenters. The quantitative estimate of drug-likeness (QED) is 0.652. The standard InChI is InChI=1S/C16H29BO2/c1-15(2)16(3,4)19-17(18-15)14-10-9-12-7-5-6-8-13(12)11-14/h12-14H,5-11H2,1-4H3/t12-,13-,14+/m0/s1. The van der Waals surface area contributed by atoms with E-state index in [9.17, 15) is 0 Å². The molecule has 1 heterocycles. The van der Waals surface area contributed by atoms with Crippen LogP contribution in [-0.2, 0) is 9.31 Å². The molecule has 2 nitrogen and oxygen atoms in total. The van der Waals surface area contributed by atoms with Gasteiger partial charge >= 0.3 is 7.12 Å². The molecule has 0 bridgehead atoms. The minimum Gasteiger partial charge on any atom is -0.403 e. The van der Waals surface area contributed by atoms with Crippen molar-refractivity contribution in [1.29, 1.82) is 0 Å². The fourth-order valence-corrected chi connectivity index (χ4v) is 4.24. The Labute approximate surface area is 118 Å². The predicted molar refractivity (Wildman–Crippen MR) is 79.1 cm³/mol. The van der Waals surface area contributed by atoms with Crippen LogP contribution in [0.15, 0.2) is 0 Å². The molecule has 0 aromatic heterocycles. The van der Waals surface area contributed by atoms with Crippen molar-refractivity contribution >= 4 is 7.12 Å². The van der Waals surface area contributed by atoms with Gasteiger partial charge in [0, 0.05) is 0 Å². The lowest BCUT2D eigenvalue weighted by atomic mass is 9.57. The second kappa shape index (κ2) is 4.77. The van der Waals surface area contributed by atoms with Gasteiger partial charge in [-0.1, -0.05) is 38.5 Å². The summed E-state index contributed by atoms with van der Waals surface area (Å²) in [4.78, 5) is 0. The Morgan fingerprint density at radius 2 is 1.37 bits per heavy atom. The molecule has 108 valence electrons. The Morgan fingerprint density at radius 3 is 2.00 bits per heavy atom. The zero-order valence-electron chi connectivity index (χ0n) is 13.1. The van der Waals surface area contributed by atoms with E-state index in [0.717, 1.165) is 11.8 Å². The predicted octanol–water partition coefficient (Wildman–Crippen LogP) is 4.44. The maximum atomic E-state index is 6.26. The highest BCUT2D eigenvalue weighted by molar-refractivity contribution is 6.47. The first-order valence-corrected chi connectivity index (χ1v) is 8.25. The number of hydrogen-bond donors (Lipinski definition) is 0.